The highest BCUT2D eigenvalue weighted by atomic mass is 16.9. The van der Waals surface area contributed by atoms with Gasteiger partial charge in [-0.2, -0.15) is 0 Å². The van der Waals surface area contributed by atoms with Crippen molar-refractivity contribution in [1.82, 2.24) is 0 Å². The van der Waals surface area contributed by atoms with Gasteiger partial charge in [-0.1, -0.05) is 0 Å². The van der Waals surface area contributed by atoms with E-state index in [9.17, 15) is 4.79 Å². The zero-order valence-corrected chi connectivity index (χ0v) is 8.15. The van der Waals surface area contributed by atoms with Crippen LogP contribution in [-0.4, -0.2) is 37.9 Å². The van der Waals surface area contributed by atoms with Crippen molar-refractivity contribution in [3.63, 3.8) is 0 Å². The van der Waals surface area contributed by atoms with Crippen molar-refractivity contribution in [2.45, 2.75) is 31.8 Å². The summed E-state index contributed by atoms with van der Waals surface area (Å²) in [5, 5.41) is 0. The number of esters is 1. The van der Waals surface area contributed by atoms with E-state index in [1.54, 1.807) is 0 Å². The summed E-state index contributed by atoms with van der Waals surface area (Å²) in [5.74, 6) is -1.15. The molecule has 0 bridgehead atoms. The first-order valence-corrected chi connectivity index (χ1v) is 4.79. The molecule has 1 spiro atoms. The molecular weight excluding hydrogens is 188 g/mol. The molecule has 14 heavy (non-hydrogen) atoms. The fourth-order valence-corrected chi connectivity index (χ4v) is 1.63. The van der Waals surface area contributed by atoms with Crippen molar-refractivity contribution in [3.05, 3.63) is 0 Å². The third kappa shape index (κ3) is 2.05. The minimum atomic E-state index is -0.842. The summed E-state index contributed by atoms with van der Waals surface area (Å²) in [5.41, 5.74) is 0. The van der Waals surface area contributed by atoms with E-state index in [2.05, 4.69) is 0 Å². The molecule has 2 unspecified atom stereocenters. The van der Waals surface area contributed by atoms with Crippen LogP contribution in [0.2, 0.25) is 0 Å². The molecule has 0 N–H and O–H groups in total. The quantitative estimate of drug-likeness (QED) is 0.608. The van der Waals surface area contributed by atoms with E-state index in [1.807, 2.05) is 0 Å². The molecule has 2 aliphatic rings. The highest BCUT2D eigenvalue weighted by Gasteiger charge is 2.45. The van der Waals surface area contributed by atoms with E-state index in [4.69, 9.17) is 18.9 Å². The molecule has 0 aromatic heterocycles. The summed E-state index contributed by atoms with van der Waals surface area (Å²) in [7, 11) is 0. The van der Waals surface area contributed by atoms with E-state index in [0.29, 0.717) is 13.2 Å². The van der Waals surface area contributed by atoms with Gasteiger partial charge in [0.1, 0.15) is 12.7 Å². The Morgan fingerprint density at radius 3 is 3.07 bits per heavy atom. The van der Waals surface area contributed by atoms with Gasteiger partial charge in [0, 0.05) is 13.3 Å². The number of carbonyl (C=O) groups is 1. The molecule has 2 atom stereocenters. The van der Waals surface area contributed by atoms with Gasteiger partial charge in [0.2, 0.25) is 0 Å². The predicted octanol–water partition coefficient (Wildman–Crippen LogP) is 0.429. The molecule has 5 nitrogen and oxygen atoms in total. The first-order chi connectivity index (χ1) is 6.70. The summed E-state index contributed by atoms with van der Waals surface area (Å²) in [6.07, 6.45) is 1.50. The smallest absolute Gasteiger partial charge is 0.302 e. The van der Waals surface area contributed by atoms with E-state index >= 15 is 0 Å². The fraction of sp³-hybridized carbons (Fsp3) is 0.889. The lowest BCUT2D eigenvalue weighted by Crippen LogP contribution is -2.30. The minimum absolute atomic E-state index is 0.197. The lowest BCUT2D eigenvalue weighted by Gasteiger charge is -2.20. The van der Waals surface area contributed by atoms with Crippen LogP contribution in [0, 0.1) is 0 Å². The summed E-state index contributed by atoms with van der Waals surface area (Å²) >= 11 is 0. The Labute approximate surface area is 82.3 Å². The third-order valence-electron chi connectivity index (χ3n) is 2.26. The maximum Gasteiger partial charge on any atom is 0.302 e. The largest absolute Gasteiger partial charge is 0.463 e. The monoisotopic (exact) mass is 202 g/mol. The topological polar surface area (TPSA) is 54.0 Å². The number of hydrogen-bond donors (Lipinski definition) is 0. The number of rotatable bonds is 2. The van der Waals surface area contributed by atoms with Crippen molar-refractivity contribution in [2.24, 2.45) is 0 Å². The molecule has 5 heteroatoms. The average molecular weight is 202 g/mol. The van der Waals surface area contributed by atoms with Crippen LogP contribution in [-0.2, 0) is 23.7 Å². The van der Waals surface area contributed by atoms with Crippen LogP contribution in [0.1, 0.15) is 19.8 Å². The summed E-state index contributed by atoms with van der Waals surface area (Å²) in [6, 6.07) is 0. The second kappa shape index (κ2) is 3.84. The van der Waals surface area contributed by atoms with Crippen LogP contribution in [0.15, 0.2) is 0 Å². The van der Waals surface area contributed by atoms with E-state index in [0.717, 1.165) is 12.8 Å². The van der Waals surface area contributed by atoms with Gasteiger partial charge in [-0.3, -0.25) is 4.79 Å². The summed E-state index contributed by atoms with van der Waals surface area (Å²) < 4.78 is 21.1. The van der Waals surface area contributed by atoms with Crippen LogP contribution in [0.3, 0.4) is 0 Å². The van der Waals surface area contributed by atoms with Gasteiger partial charge >= 0.3 is 5.97 Å². The Bertz CT molecular complexity index is 221. The first-order valence-electron chi connectivity index (χ1n) is 4.79. The maximum atomic E-state index is 10.6. The Hall–Kier alpha value is -0.650. The Balaban J connectivity index is 1.79. The van der Waals surface area contributed by atoms with Crippen molar-refractivity contribution in [2.75, 3.05) is 19.8 Å². The fourth-order valence-electron chi connectivity index (χ4n) is 1.63. The second-order valence-corrected chi connectivity index (χ2v) is 3.49. The Morgan fingerprint density at radius 2 is 2.43 bits per heavy atom. The van der Waals surface area contributed by atoms with E-state index < -0.39 is 5.97 Å². The Kier molecular flexibility index (Phi) is 2.71. The zero-order chi connectivity index (χ0) is 10.0. The standard InChI is InChI=1S/C9H14O5/c1-7(10)11-5-8-6-13-9(14-8)3-2-4-12-9/h8H,2-6H2,1H3. The zero-order valence-electron chi connectivity index (χ0n) is 8.15. The van der Waals surface area contributed by atoms with Crippen molar-refractivity contribution < 1.29 is 23.7 Å². The molecule has 0 saturated carbocycles. The summed E-state index contributed by atoms with van der Waals surface area (Å²) in [6.45, 7) is 2.70. The second-order valence-electron chi connectivity index (χ2n) is 3.49. The van der Waals surface area contributed by atoms with Gasteiger partial charge < -0.3 is 18.9 Å². The summed E-state index contributed by atoms with van der Waals surface area (Å²) in [4.78, 5) is 10.6. The molecule has 2 heterocycles. The van der Waals surface area contributed by atoms with Crippen molar-refractivity contribution >= 4 is 5.97 Å². The molecule has 2 rings (SSSR count). The molecule has 2 fully saturated rings. The van der Waals surface area contributed by atoms with Crippen LogP contribution < -0.4 is 0 Å². The lowest BCUT2D eigenvalue weighted by molar-refractivity contribution is -0.315. The minimum Gasteiger partial charge on any atom is -0.463 e. The molecule has 0 aromatic carbocycles. The van der Waals surface area contributed by atoms with Crippen LogP contribution in [0.25, 0.3) is 0 Å². The molecular formula is C9H14O5. The SMILES string of the molecule is CC(=O)OCC1COC2(CCCO2)O1. The normalized spacial score (nSPS) is 36.5. The maximum absolute atomic E-state index is 10.6. The molecule has 0 amide bonds. The van der Waals surface area contributed by atoms with E-state index in [-0.39, 0.29) is 18.7 Å². The predicted molar refractivity (Wildman–Crippen MR) is 45.4 cm³/mol. The van der Waals surface area contributed by atoms with Crippen LogP contribution in [0.5, 0.6) is 0 Å². The van der Waals surface area contributed by atoms with E-state index in [1.165, 1.54) is 6.92 Å². The molecule has 0 radical (unpaired) electrons. The number of ether oxygens (including phenoxy) is 4. The van der Waals surface area contributed by atoms with Gasteiger partial charge in [-0.05, 0) is 6.42 Å². The molecule has 80 valence electrons. The van der Waals surface area contributed by atoms with Crippen LogP contribution in [0.4, 0.5) is 0 Å². The number of hydrogen-bond acceptors (Lipinski definition) is 5. The highest BCUT2D eigenvalue weighted by molar-refractivity contribution is 5.65. The van der Waals surface area contributed by atoms with Crippen molar-refractivity contribution in [1.29, 1.82) is 0 Å². The average Bonchev–Trinajstić information content (AvgIpc) is 2.74. The van der Waals surface area contributed by atoms with Gasteiger partial charge in [0.15, 0.2) is 0 Å². The molecule has 0 aromatic rings. The molecule has 2 saturated heterocycles. The van der Waals surface area contributed by atoms with Gasteiger partial charge in [0.25, 0.3) is 5.97 Å². The molecule has 2 aliphatic heterocycles. The number of carbonyl (C=O) groups excluding carboxylic acids is 1. The van der Waals surface area contributed by atoms with Gasteiger partial charge in [0.05, 0.1) is 13.2 Å². The third-order valence-corrected chi connectivity index (χ3v) is 2.26. The lowest BCUT2D eigenvalue weighted by atomic mass is 10.3. The first kappa shape index (κ1) is 9.89. The highest BCUT2D eigenvalue weighted by Crippen LogP contribution is 2.34. The van der Waals surface area contributed by atoms with Gasteiger partial charge in [-0.25, -0.2) is 0 Å². The molecule has 0 aliphatic carbocycles. The van der Waals surface area contributed by atoms with Gasteiger partial charge in [-0.15, -0.1) is 0 Å². The van der Waals surface area contributed by atoms with Crippen LogP contribution >= 0.6 is 0 Å². The van der Waals surface area contributed by atoms with Crippen molar-refractivity contribution in [3.8, 4) is 0 Å². The Morgan fingerprint density at radius 1 is 1.57 bits per heavy atom.